The number of halogens is 4. The lowest BCUT2D eigenvalue weighted by Crippen LogP contribution is -2.29. The molecule has 2 unspecified atom stereocenters. The minimum atomic E-state index is -4.59. The zero-order valence-corrected chi connectivity index (χ0v) is 18.6. The van der Waals surface area contributed by atoms with Crippen LogP contribution in [-0.2, 0) is 7.05 Å². The van der Waals surface area contributed by atoms with Gasteiger partial charge in [0.1, 0.15) is 5.75 Å². The summed E-state index contributed by atoms with van der Waals surface area (Å²) < 4.78 is 48.9. The van der Waals surface area contributed by atoms with Gasteiger partial charge in [-0.05, 0) is 48.2 Å². The van der Waals surface area contributed by atoms with Crippen molar-refractivity contribution in [3.63, 3.8) is 0 Å². The fourth-order valence-corrected chi connectivity index (χ4v) is 3.99. The number of carboxylic acid groups (broad SMARTS) is 1. The molecule has 0 saturated carbocycles. The van der Waals surface area contributed by atoms with Crippen molar-refractivity contribution in [1.82, 2.24) is 9.55 Å². The molecular formula is C23H20ClF3N2O4. The van der Waals surface area contributed by atoms with Crippen molar-refractivity contribution < 1.29 is 27.8 Å². The predicted molar refractivity (Wildman–Crippen MR) is 116 cm³/mol. The number of rotatable bonds is 6. The van der Waals surface area contributed by atoms with Crippen molar-refractivity contribution in [2.75, 3.05) is 0 Å². The first-order valence-electron chi connectivity index (χ1n) is 9.79. The molecule has 0 aliphatic heterocycles. The second-order valence-electron chi connectivity index (χ2n) is 7.66. The standard InChI is InChI=1S/C23H20ClF3N2O4/c1-12-8-15(11-29(3)21(12)30)20(23(25,26)27)13(2)17-6-5-16(9-18(17)24)33-19-7-4-14(10-28-19)22(31)32/h4-11,13,20H,1-3H3,(H,31,32). The van der Waals surface area contributed by atoms with Gasteiger partial charge in [0.15, 0.2) is 0 Å². The number of hydrogen-bond donors (Lipinski definition) is 1. The summed E-state index contributed by atoms with van der Waals surface area (Å²) in [5.41, 5.74) is 0.0571. The molecule has 0 saturated heterocycles. The highest BCUT2D eigenvalue weighted by molar-refractivity contribution is 6.31. The normalized spacial score (nSPS) is 13.4. The molecule has 0 bridgehead atoms. The number of pyridine rings is 2. The van der Waals surface area contributed by atoms with E-state index in [9.17, 15) is 22.8 Å². The zero-order valence-electron chi connectivity index (χ0n) is 17.9. The molecular weight excluding hydrogens is 461 g/mol. The Labute approximate surface area is 192 Å². The maximum absolute atomic E-state index is 14.1. The Morgan fingerprint density at radius 2 is 1.91 bits per heavy atom. The van der Waals surface area contributed by atoms with Crippen molar-refractivity contribution in [2.45, 2.75) is 31.9 Å². The Kier molecular flexibility index (Phi) is 6.83. The Hall–Kier alpha value is -3.33. The number of benzene rings is 1. The number of hydrogen-bond acceptors (Lipinski definition) is 4. The molecule has 0 amide bonds. The van der Waals surface area contributed by atoms with Gasteiger partial charge >= 0.3 is 12.1 Å². The van der Waals surface area contributed by atoms with Gasteiger partial charge < -0.3 is 14.4 Å². The van der Waals surface area contributed by atoms with Gasteiger partial charge in [-0.25, -0.2) is 9.78 Å². The molecule has 2 heterocycles. The second kappa shape index (κ2) is 9.27. The largest absolute Gasteiger partial charge is 0.478 e. The van der Waals surface area contributed by atoms with Gasteiger partial charge in [-0.2, -0.15) is 13.2 Å². The lowest BCUT2D eigenvalue weighted by atomic mass is 9.82. The van der Waals surface area contributed by atoms with Crippen LogP contribution in [0, 0.1) is 6.92 Å². The van der Waals surface area contributed by atoms with Gasteiger partial charge in [-0.3, -0.25) is 4.79 Å². The highest BCUT2D eigenvalue weighted by atomic mass is 35.5. The molecule has 0 spiro atoms. The van der Waals surface area contributed by atoms with E-state index in [4.69, 9.17) is 21.4 Å². The third-order valence-corrected chi connectivity index (χ3v) is 5.59. The third-order valence-electron chi connectivity index (χ3n) is 5.26. The van der Waals surface area contributed by atoms with E-state index in [0.29, 0.717) is 0 Å². The molecule has 174 valence electrons. The quantitative estimate of drug-likeness (QED) is 0.490. The summed E-state index contributed by atoms with van der Waals surface area (Å²) in [5, 5.41) is 8.98. The number of aromatic carboxylic acids is 1. The van der Waals surface area contributed by atoms with Crippen LogP contribution in [0.1, 0.15) is 45.8 Å². The molecule has 10 heteroatoms. The smallest absolute Gasteiger partial charge is 0.396 e. The Balaban J connectivity index is 1.92. The summed E-state index contributed by atoms with van der Waals surface area (Å²) in [6, 6.07) is 8.21. The van der Waals surface area contributed by atoms with Gasteiger partial charge in [0, 0.05) is 36.1 Å². The molecule has 33 heavy (non-hydrogen) atoms. The maximum atomic E-state index is 14.1. The van der Waals surface area contributed by atoms with Crippen LogP contribution in [0.15, 0.2) is 53.6 Å². The number of nitrogens with zero attached hydrogens (tertiary/aromatic N) is 2. The summed E-state index contributed by atoms with van der Waals surface area (Å²) in [5.74, 6) is -3.75. The van der Waals surface area contributed by atoms with E-state index in [0.717, 1.165) is 10.8 Å². The molecule has 1 aromatic carbocycles. The molecule has 0 fully saturated rings. The number of ether oxygens (including phenoxy) is 1. The molecule has 2 aromatic heterocycles. The maximum Gasteiger partial charge on any atom is 0.396 e. The van der Waals surface area contributed by atoms with Crippen LogP contribution >= 0.6 is 11.6 Å². The molecule has 2 atom stereocenters. The van der Waals surface area contributed by atoms with E-state index >= 15 is 0 Å². The Morgan fingerprint density at radius 1 is 1.21 bits per heavy atom. The Bertz CT molecular complexity index is 1210. The fourth-order valence-electron chi connectivity index (χ4n) is 3.65. The highest BCUT2D eigenvalue weighted by Gasteiger charge is 2.45. The van der Waals surface area contributed by atoms with Crippen LogP contribution in [0.25, 0.3) is 0 Å². The zero-order chi connectivity index (χ0) is 24.5. The van der Waals surface area contributed by atoms with Crippen LogP contribution in [-0.4, -0.2) is 26.8 Å². The van der Waals surface area contributed by atoms with Crippen LogP contribution in [0.5, 0.6) is 11.6 Å². The molecule has 3 rings (SSSR count). The minimum absolute atomic E-state index is 0.0172. The number of alkyl halides is 3. The molecule has 0 aliphatic rings. The summed E-state index contributed by atoms with van der Waals surface area (Å²) in [7, 11) is 1.41. The van der Waals surface area contributed by atoms with Crippen LogP contribution in [0.3, 0.4) is 0 Å². The van der Waals surface area contributed by atoms with Crippen molar-refractivity contribution in [1.29, 1.82) is 0 Å². The lowest BCUT2D eigenvalue weighted by Gasteiger charge is -2.28. The van der Waals surface area contributed by atoms with Gasteiger partial charge in [0.05, 0.1) is 11.5 Å². The molecule has 0 aliphatic carbocycles. The monoisotopic (exact) mass is 480 g/mol. The predicted octanol–water partition coefficient (Wildman–Crippen LogP) is 5.68. The molecule has 1 N–H and O–H groups in total. The van der Waals surface area contributed by atoms with Crippen LogP contribution in [0.4, 0.5) is 13.2 Å². The number of aryl methyl sites for hydroxylation is 2. The van der Waals surface area contributed by atoms with Crippen molar-refractivity contribution >= 4 is 17.6 Å². The summed E-state index contributed by atoms with van der Waals surface area (Å²) in [6.07, 6.45) is -2.27. The summed E-state index contributed by atoms with van der Waals surface area (Å²) in [6.45, 7) is 2.90. The van der Waals surface area contributed by atoms with Crippen molar-refractivity contribution in [3.05, 3.63) is 86.4 Å². The topological polar surface area (TPSA) is 81.4 Å². The van der Waals surface area contributed by atoms with E-state index < -0.39 is 24.0 Å². The average molecular weight is 481 g/mol. The average Bonchev–Trinajstić information content (AvgIpc) is 2.71. The third kappa shape index (κ3) is 5.36. The molecule has 6 nitrogen and oxygen atoms in total. The van der Waals surface area contributed by atoms with E-state index in [1.54, 1.807) is 0 Å². The molecule has 3 aromatic rings. The van der Waals surface area contributed by atoms with Crippen LogP contribution in [0.2, 0.25) is 5.02 Å². The fraction of sp³-hybridized carbons (Fsp3) is 0.261. The van der Waals surface area contributed by atoms with E-state index in [1.165, 1.54) is 63.5 Å². The number of carbonyl (C=O) groups is 1. The minimum Gasteiger partial charge on any atom is -0.478 e. The van der Waals surface area contributed by atoms with Crippen LogP contribution < -0.4 is 10.3 Å². The van der Waals surface area contributed by atoms with Gasteiger partial charge in [0.25, 0.3) is 5.56 Å². The van der Waals surface area contributed by atoms with Gasteiger partial charge in [-0.1, -0.05) is 24.6 Å². The lowest BCUT2D eigenvalue weighted by molar-refractivity contribution is -0.154. The van der Waals surface area contributed by atoms with E-state index in [-0.39, 0.29) is 44.5 Å². The van der Waals surface area contributed by atoms with Gasteiger partial charge in [0.2, 0.25) is 5.88 Å². The molecule has 0 radical (unpaired) electrons. The summed E-state index contributed by atoms with van der Waals surface area (Å²) >= 11 is 6.33. The van der Waals surface area contributed by atoms with E-state index in [1.807, 2.05) is 0 Å². The van der Waals surface area contributed by atoms with E-state index in [2.05, 4.69) is 4.98 Å². The number of aromatic nitrogens is 2. The van der Waals surface area contributed by atoms with Crippen molar-refractivity contribution in [2.24, 2.45) is 7.05 Å². The van der Waals surface area contributed by atoms with Gasteiger partial charge in [-0.15, -0.1) is 0 Å². The highest BCUT2D eigenvalue weighted by Crippen LogP contribution is 2.46. The van der Waals surface area contributed by atoms with Crippen molar-refractivity contribution in [3.8, 4) is 11.6 Å². The first-order valence-corrected chi connectivity index (χ1v) is 10.2. The Morgan fingerprint density at radius 3 is 2.42 bits per heavy atom. The first-order chi connectivity index (χ1) is 15.4. The SMILES string of the molecule is Cc1cc(C(C(C)c2ccc(Oc3ccc(C(=O)O)cn3)cc2Cl)C(F)(F)F)cn(C)c1=O. The summed E-state index contributed by atoms with van der Waals surface area (Å²) in [4.78, 5) is 26.7. The number of carboxylic acids is 1. The second-order valence-corrected chi connectivity index (χ2v) is 8.06. The first kappa shape index (κ1) is 24.3.